The van der Waals surface area contributed by atoms with Gasteiger partial charge in [0.05, 0.1) is 12.2 Å². The minimum atomic E-state index is -0.579. The predicted molar refractivity (Wildman–Crippen MR) is 118 cm³/mol. The van der Waals surface area contributed by atoms with Crippen LogP contribution >= 0.6 is 0 Å². The molecule has 2 heterocycles. The molecule has 5 nitrogen and oxygen atoms in total. The Kier molecular flexibility index (Phi) is 7.07. The van der Waals surface area contributed by atoms with Crippen LogP contribution in [0.15, 0.2) is 42.5 Å². The third-order valence-corrected chi connectivity index (χ3v) is 6.26. The smallest absolute Gasteiger partial charge is 0.257 e. The highest BCUT2D eigenvalue weighted by Crippen LogP contribution is 2.25. The number of carbonyl (C=O) groups is 1. The Bertz CT molecular complexity index is 898. The Morgan fingerprint density at radius 1 is 1.06 bits per heavy atom. The minimum Gasteiger partial charge on any atom is -0.505 e. The summed E-state index contributed by atoms with van der Waals surface area (Å²) in [5, 5.41) is 9.38. The lowest BCUT2D eigenvalue weighted by atomic mass is 9.98. The molecule has 1 atom stereocenters. The van der Waals surface area contributed by atoms with Crippen LogP contribution in [0, 0.1) is 11.7 Å². The van der Waals surface area contributed by atoms with E-state index in [2.05, 4.69) is 4.90 Å². The lowest BCUT2D eigenvalue weighted by Gasteiger charge is -2.33. The summed E-state index contributed by atoms with van der Waals surface area (Å²) in [5.41, 5.74) is 1.51. The molecular formula is C25H31FN2O3. The van der Waals surface area contributed by atoms with Gasteiger partial charge in [0.1, 0.15) is 5.75 Å². The first-order chi connectivity index (χ1) is 15.1. The number of rotatable bonds is 6. The standard InChI is InChI=1S/C25H31FN2O3/c26-22-15-19(10-11-23(22)29)16-27-12-6-7-20(17-27)18-31-24-9-3-2-8-21(24)25(30)28-13-4-1-5-14-28/h2-3,8-11,15,20,29H,1,4-7,12-14,16-18H2. The summed E-state index contributed by atoms with van der Waals surface area (Å²) in [6, 6.07) is 12.1. The number of piperidine rings is 2. The number of aromatic hydroxyl groups is 1. The van der Waals surface area contributed by atoms with Crippen molar-refractivity contribution >= 4 is 5.91 Å². The van der Waals surface area contributed by atoms with Crippen molar-refractivity contribution in [2.24, 2.45) is 5.92 Å². The molecule has 0 aromatic heterocycles. The first-order valence-corrected chi connectivity index (χ1v) is 11.3. The monoisotopic (exact) mass is 426 g/mol. The van der Waals surface area contributed by atoms with Gasteiger partial charge in [-0.05, 0) is 68.5 Å². The Morgan fingerprint density at radius 3 is 2.68 bits per heavy atom. The van der Waals surface area contributed by atoms with Gasteiger partial charge in [-0.2, -0.15) is 0 Å². The van der Waals surface area contributed by atoms with Crippen LogP contribution in [0.25, 0.3) is 0 Å². The van der Waals surface area contributed by atoms with Gasteiger partial charge in [0.25, 0.3) is 5.91 Å². The number of hydrogen-bond donors (Lipinski definition) is 1. The quantitative estimate of drug-likeness (QED) is 0.742. The predicted octanol–water partition coefficient (Wildman–Crippen LogP) is 4.45. The van der Waals surface area contributed by atoms with Crippen molar-refractivity contribution in [2.45, 2.75) is 38.6 Å². The fraction of sp³-hybridized carbons (Fsp3) is 0.480. The van der Waals surface area contributed by atoms with Crippen molar-refractivity contribution in [3.8, 4) is 11.5 Å². The molecule has 31 heavy (non-hydrogen) atoms. The molecule has 2 aromatic rings. The van der Waals surface area contributed by atoms with Gasteiger partial charge in [-0.3, -0.25) is 9.69 Å². The average Bonchev–Trinajstić information content (AvgIpc) is 2.81. The number of hydrogen-bond acceptors (Lipinski definition) is 4. The van der Waals surface area contributed by atoms with Crippen molar-refractivity contribution in [2.75, 3.05) is 32.8 Å². The molecule has 2 aliphatic rings. The van der Waals surface area contributed by atoms with E-state index in [0.29, 0.717) is 30.4 Å². The molecule has 2 aromatic carbocycles. The Balaban J connectivity index is 1.34. The Hall–Kier alpha value is -2.60. The largest absolute Gasteiger partial charge is 0.505 e. The van der Waals surface area contributed by atoms with Crippen LogP contribution in [0.5, 0.6) is 11.5 Å². The summed E-state index contributed by atoms with van der Waals surface area (Å²) in [6.07, 6.45) is 5.46. The van der Waals surface area contributed by atoms with Crippen molar-refractivity contribution in [3.05, 3.63) is 59.4 Å². The molecule has 0 saturated carbocycles. The molecular weight excluding hydrogens is 395 g/mol. The van der Waals surface area contributed by atoms with Crippen LogP contribution in [0.3, 0.4) is 0 Å². The number of amides is 1. The van der Waals surface area contributed by atoms with E-state index in [1.165, 1.54) is 18.6 Å². The molecule has 6 heteroatoms. The number of phenols is 1. The van der Waals surface area contributed by atoms with Crippen molar-refractivity contribution in [1.29, 1.82) is 0 Å². The Morgan fingerprint density at radius 2 is 1.87 bits per heavy atom. The molecule has 2 fully saturated rings. The van der Waals surface area contributed by atoms with Crippen LogP contribution in [-0.2, 0) is 6.54 Å². The van der Waals surface area contributed by atoms with Gasteiger partial charge >= 0.3 is 0 Å². The molecule has 4 rings (SSSR count). The van der Waals surface area contributed by atoms with E-state index in [-0.39, 0.29) is 11.7 Å². The van der Waals surface area contributed by atoms with Gasteiger partial charge in [-0.25, -0.2) is 4.39 Å². The Labute approximate surface area is 183 Å². The van der Waals surface area contributed by atoms with Crippen LogP contribution in [0.2, 0.25) is 0 Å². The van der Waals surface area contributed by atoms with Crippen molar-refractivity contribution in [1.82, 2.24) is 9.80 Å². The maximum Gasteiger partial charge on any atom is 0.257 e. The van der Waals surface area contributed by atoms with Gasteiger partial charge < -0.3 is 14.7 Å². The van der Waals surface area contributed by atoms with E-state index in [0.717, 1.165) is 57.4 Å². The second-order valence-corrected chi connectivity index (χ2v) is 8.69. The molecule has 0 bridgehead atoms. The highest BCUT2D eigenvalue weighted by atomic mass is 19.1. The van der Waals surface area contributed by atoms with E-state index in [9.17, 15) is 14.3 Å². The van der Waals surface area contributed by atoms with Gasteiger partial charge in [-0.1, -0.05) is 18.2 Å². The maximum atomic E-state index is 13.6. The minimum absolute atomic E-state index is 0.0647. The molecule has 1 amide bonds. The fourth-order valence-corrected chi connectivity index (χ4v) is 4.58. The number of halogens is 1. The average molecular weight is 427 g/mol. The van der Waals surface area contributed by atoms with E-state index >= 15 is 0 Å². The SMILES string of the molecule is O=C(c1ccccc1OCC1CCCN(Cc2ccc(O)c(F)c2)C1)N1CCCCC1. The fourth-order valence-electron chi connectivity index (χ4n) is 4.58. The first-order valence-electron chi connectivity index (χ1n) is 11.3. The van der Waals surface area contributed by atoms with Crippen LogP contribution in [-0.4, -0.2) is 53.6 Å². The number of likely N-dealkylation sites (tertiary alicyclic amines) is 2. The van der Waals surface area contributed by atoms with E-state index in [1.54, 1.807) is 6.07 Å². The zero-order valence-corrected chi connectivity index (χ0v) is 17.9. The van der Waals surface area contributed by atoms with Gasteiger partial charge in [0.2, 0.25) is 0 Å². The van der Waals surface area contributed by atoms with Crippen molar-refractivity contribution < 1.29 is 19.0 Å². The number of nitrogens with zero attached hydrogens (tertiary/aromatic N) is 2. The molecule has 2 aliphatic heterocycles. The summed E-state index contributed by atoms with van der Waals surface area (Å²) in [5.74, 6) is 0.190. The van der Waals surface area contributed by atoms with E-state index in [4.69, 9.17) is 4.74 Å². The summed E-state index contributed by atoms with van der Waals surface area (Å²) in [4.78, 5) is 17.2. The van der Waals surface area contributed by atoms with E-state index < -0.39 is 5.82 Å². The third-order valence-electron chi connectivity index (χ3n) is 6.26. The summed E-state index contributed by atoms with van der Waals surface area (Å²) in [6.45, 7) is 4.68. The van der Waals surface area contributed by atoms with Gasteiger partial charge in [-0.15, -0.1) is 0 Å². The zero-order valence-electron chi connectivity index (χ0n) is 17.9. The molecule has 1 unspecified atom stereocenters. The number of carbonyl (C=O) groups excluding carboxylic acids is 1. The van der Waals surface area contributed by atoms with E-state index in [1.807, 2.05) is 29.2 Å². The second-order valence-electron chi connectivity index (χ2n) is 8.69. The lowest BCUT2D eigenvalue weighted by Crippen LogP contribution is -2.37. The molecule has 0 aliphatic carbocycles. The van der Waals surface area contributed by atoms with Gasteiger partial charge in [0.15, 0.2) is 11.6 Å². The summed E-state index contributed by atoms with van der Waals surface area (Å²) < 4.78 is 19.8. The normalized spacial score (nSPS) is 19.9. The number of benzene rings is 2. The first kappa shape index (κ1) is 21.6. The molecule has 0 radical (unpaired) electrons. The highest BCUT2D eigenvalue weighted by molar-refractivity contribution is 5.97. The number of ether oxygens (including phenoxy) is 1. The van der Waals surface area contributed by atoms with Crippen LogP contribution in [0.4, 0.5) is 4.39 Å². The zero-order chi connectivity index (χ0) is 21.6. The third kappa shape index (κ3) is 5.56. The van der Waals surface area contributed by atoms with Crippen LogP contribution in [0.1, 0.15) is 48.0 Å². The molecule has 0 spiro atoms. The topological polar surface area (TPSA) is 53.0 Å². The summed E-state index contributed by atoms with van der Waals surface area (Å²) >= 11 is 0. The van der Waals surface area contributed by atoms with Gasteiger partial charge in [0, 0.05) is 32.1 Å². The maximum absolute atomic E-state index is 13.6. The number of phenolic OH excluding ortho intramolecular Hbond substituents is 1. The highest BCUT2D eigenvalue weighted by Gasteiger charge is 2.24. The number of para-hydroxylation sites is 1. The lowest BCUT2D eigenvalue weighted by molar-refractivity contribution is 0.0716. The molecule has 2 saturated heterocycles. The molecule has 1 N–H and O–H groups in total. The molecule has 166 valence electrons. The van der Waals surface area contributed by atoms with Crippen LogP contribution < -0.4 is 4.74 Å². The summed E-state index contributed by atoms with van der Waals surface area (Å²) in [7, 11) is 0. The second kappa shape index (κ2) is 10.1. The van der Waals surface area contributed by atoms with Crippen molar-refractivity contribution in [3.63, 3.8) is 0 Å².